The van der Waals surface area contributed by atoms with Gasteiger partial charge in [0.2, 0.25) is 0 Å². The molecule has 1 nitrogen and oxygen atoms in total. The maximum Gasteiger partial charge on any atom is 0.0914 e. The standard InChI is InChI=1S/C11H16OS/c1-3-12-11(9-13-2)10-7-5-4-6-8-10/h4-8,11H,3,9H2,1-2H3. The maximum absolute atomic E-state index is 5.65. The molecule has 0 aromatic heterocycles. The van der Waals surface area contributed by atoms with Crippen LogP contribution in [0.4, 0.5) is 0 Å². The Balaban J connectivity index is 2.64. The molecule has 1 aromatic carbocycles. The van der Waals surface area contributed by atoms with Crippen molar-refractivity contribution in [3.05, 3.63) is 35.9 Å². The SMILES string of the molecule is CCOC(CSC)c1ccccc1. The van der Waals surface area contributed by atoms with Crippen molar-refractivity contribution in [3.8, 4) is 0 Å². The zero-order chi connectivity index (χ0) is 9.52. The summed E-state index contributed by atoms with van der Waals surface area (Å²) < 4.78 is 5.65. The number of thioether (sulfide) groups is 1. The molecule has 0 fully saturated rings. The average Bonchev–Trinajstić information content (AvgIpc) is 2.19. The molecule has 0 bridgehead atoms. The highest BCUT2D eigenvalue weighted by Crippen LogP contribution is 2.20. The molecule has 72 valence electrons. The molecule has 0 aliphatic carbocycles. The van der Waals surface area contributed by atoms with E-state index >= 15 is 0 Å². The van der Waals surface area contributed by atoms with E-state index < -0.39 is 0 Å². The van der Waals surface area contributed by atoms with Crippen LogP contribution in [0.15, 0.2) is 30.3 Å². The Morgan fingerprint density at radius 2 is 2.00 bits per heavy atom. The molecule has 1 unspecified atom stereocenters. The van der Waals surface area contributed by atoms with Gasteiger partial charge in [0.15, 0.2) is 0 Å². The highest BCUT2D eigenvalue weighted by atomic mass is 32.2. The van der Waals surface area contributed by atoms with E-state index in [0.717, 1.165) is 12.4 Å². The lowest BCUT2D eigenvalue weighted by Gasteiger charge is -2.15. The Hall–Kier alpha value is -0.470. The van der Waals surface area contributed by atoms with E-state index in [0.29, 0.717) is 0 Å². The predicted octanol–water partition coefficient (Wildman–Crippen LogP) is 3.13. The molecule has 1 atom stereocenters. The molecule has 0 spiro atoms. The molecule has 0 heterocycles. The second-order valence-electron chi connectivity index (χ2n) is 2.81. The number of benzene rings is 1. The van der Waals surface area contributed by atoms with Gasteiger partial charge >= 0.3 is 0 Å². The first-order valence-corrected chi connectivity index (χ1v) is 5.93. The van der Waals surface area contributed by atoms with E-state index in [9.17, 15) is 0 Å². The molecule has 0 radical (unpaired) electrons. The Morgan fingerprint density at radius 1 is 1.31 bits per heavy atom. The van der Waals surface area contributed by atoms with Crippen LogP contribution in [0.1, 0.15) is 18.6 Å². The minimum Gasteiger partial charge on any atom is -0.373 e. The number of rotatable bonds is 5. The summed E-state index contributed by atoms with van der Waals surface area (Å²) in [6.07, 6.45) is 2.36. The summed E-state index contributed by atoms with van der Waals surface area (Å²) in [6.45, 7) is 2.82. The summed E-state index contributed by atoms with van der Waals surface area (Å²) in [4.78, 5) is 0. The summed E-state index contributed by atoms with van der Waals surface area (Å²) in [7, 11) is 0. The zero-order valence-corrected chi connectivity index (χ0v) is 9.01. The zero-order valence-electron chi connectivity index (χ0n) is 8.19. The topological polar surface area (TPSA) is 9.23 Å². The van der Waals surface area contributed by atoms with Gasteiger partial charge in [-0.25, -0.2) is 0 Å². The molecular formula is C11H16OS. The van der Waals surface area contributed by atoms with E-state index in [1.165, 1.54) is 5.56 Å². The van der Waals surface area contributed by atoms with Gasteiger partial charge in [-0.15, -0.1) is 0 Å². The fraction of sp³-hybridized carbons (Fsp3) is 0.455. The highest BCUT2D eigenvalue weighted by Gasteiger charge is 2.08. The Labute approximate surface area is 84.5 Å². The van der Waals surface area contributed by atoms with Crippen molar-refractivity contribution in [3.63, 3.8) is 0 Å². The molecule has 1 rings (SSSR count). The molecular weight excluding hydrogens is 180 g/mol. The van der Waals surface area contributed by atoms with Crippen LogP contribution in [-0.2, 0) is 4.74 Å². The summed E-state index contributed by atoms with van der Waals surface area (Å²) >= 11 is 1.82. The van der Waals surface area contributed by atoms with Gasteiger partial charge in [0.05, 0.1) is 6.10 Å². The van der Waals surface area contributed by atoms with Crippen LogP contribution in [0.2, 0.25) is 0 Å². The van der Waals surface area contributed by atoms with Gasteiger partial charge in [-0.05, 0) is 18.7 Å². The molecule has 0 aliphatic rings. The van der Waals surface area contributed by atoms with Crippen LogP contribution < -0.4 is 0 Å². The van der Waals surface area contributed by atoms with E-state index in [-0.39, 0.29) is 6.10 Å². The fourth-order valence-corrected chi connectivity index (χ4v) is 1.85. The maximum atomic E-state index is 5.65. The third kappa shape index (κ3) is 3.41. The minimum atomic E-state index is 0.251. The normalized spacial score (nSPS) is 12.8. The third-order valence-corrected chi connectivity index (χ3v) is 2.49. The van der Waals surface area contributed by atoms with Gasteiger partial charge in [0, 0.05) is 12.4 Å². The van der Waals surface area contributed by atoms with E-state index in [1.807, 2.05) is 24.8 Å². The van der Waals surface area contributed by atoms with Crippen LogP contribution in [0.5, 0.6) is 0 Å². The lowest BCUT2D eigenvalue weighted by molar-refractivity contribution is 0.0799. The van der Waals surface area contributed by atoms with Gasteiger partial charge < -0.3 is 4.74 Å². The molecule has 2 heteroatoms. The smallest absolute Gasteiger partial charge is 0.0914 e. The monoisotopic (exact) mass is 196 g/mol. The van der Waals surface area contributed by atoms with Crippen LogP contribution in [0.3, 0.4) is 0 Å². The summed E-state index contributed by atoms with van der Waals surface area (Å²) in [5.41, 5.74) is 1.28. The third-order valence-electron chi connectivity index (χ3n) is 1.86. The second-order valence-corrected chi connectivity index (χ2v) is 3.72. The van der Waals surface area contributed by atoms with Gasteiger partial charge in [-0.1, -0.05) is 30.3 Å². The first-order valence-electron chi connectivity index (χ1n) is 4.54. The summed E-state index contributed by atoms with van der Waals surface area (Å²) in [5.74, 6) is 1.03. The highest BCUT2D eigenvalue weighted by molar-refractivity contribution is 7.98. The van der Waals surface area contributed by atoms with Crippen molar-refractivity contribution in [1.82, 2.24) is 0 Å². The van der Waals surface area contributed by atoms with E-state index in [2.05, 4.69) is 30.5 Å². The van der Waals surface area contributed by atoms with E-state index in [1.54, 1.807) is 0 Å². The second kappa shape index (κ2) is 6.06. The molecule has 13 heavy (non-hydrogen) atoms. The largest absolute Gasteiger partial charge is 0.373 e. The van der Waals surface area contributed by atoms with Gasteiger partial charge in [0.1, 0.15) is 0 Å². The summed E-state index contributed by atoms with van der Waals surface area (Å²) in [5, 5.41) is 0. The van der Waals surface area contributed by atoms with Crippen molar-refractivity contribution in [2.75, 3.05) is 18.6 Å². The van der Waals surface area contributed by atoms with Crippen LogP contribution in [-0.4, -0.2) is 18.6 Å². The van der Waals surface area contributed by atoms with Gasteiger partial charge in [-0.2, -0.15) is 11.8 Å². The minimum absolute atomic E-state index is 0.251. The van der Waals surface area contributed by atoms with Crippen LogP contribution in [0.25, 0.3) is 0 Å². The van der Waals surface area contributed by atoms with Crippen LogP contribution >= 0.6 is 11.8 Å². The van der Waals surface area contributed by atoms with Crippen LogP contribution in [0, 0.1) is 0 Å². The molecule has 0 saturated heterocycles. The Morgan fingerprint density at radius 3 is 2.54 bits per heavy atom. The van der Waals surface area contributed by atoms with Gasteiger partial charge in [-0.3, -0.25) is 0 Å². The Kier molecular flexibility index (Phi) is 4.94. The number of ether oxygens (including phenoxy) is 1. The van der Waals surface area contributed by atoms with Crippen molar-refractivity contribution in [1.29, 1.82) is 0 Å². The van der Waals surface area contributed by atoms with Crippen molar-refractivity contribution in [2.24, 2.45) is 0 Å². The first-order chi connectivity index (χ1) is 6.38. The molecule has 1 aromatic rings. The predicted molar refractivity (Wildman–Crippen MR) is 59.2 cm³/mol. The van der Waals surface area contributed by atoms with Crippen molar-refractivity contribution < 1.29 is 4.74 Å². The van der Waals surface area contributed by atoms with Crippen molar-refractivity contribution >= 4 is 11.8 Å². The average molecular weight is 196 g/mol. The lowest BCUT2D eigenvalue weighted by Crippen LogP contribution is -2.06. The fourth-order valence-electron chi connectivity index (χ4n) is 1.26. The van der Waals surface area contributed by atoms with E-state index in [4.69, 9.17) is 4.74 Å². The molecule has 0 saturated carbocycles. The Bertz CT molecular complexity index is 217. The van der Waals surface area contributed by atoms with Gasteiger partial charge in [0.25, 0.3) is 0 Å². The first kappa shape index (κ1) is 10.6. The van der Waals surface area contributed by atoms with Crippen molar-refractivity contribution in [2.45, 2.75) is 13.0 Å². The molecule has 0 amide bonds. The molecule has 0 aliphatic heterocycles. The summed E-state index contributed by atoms with van der Waals surface area (Å²) in [6, 6.07) is 10.4. The quantitative estimate of drug-likeness (QED) is 0.715. The number of hydrogen-bond donors (Lipinski definition) is 0. The lowest BCUT2D eigenvalue weighted by atomic mass is 10.1. The number of hydrogen-bond acceptors (Lipinski definition) is 2. The molecule has 0 N–H and O–H groups in total.